The van der Waals surface area contributed by atoms with E-state index in [1.165, 1.54) is 6.42 Å². The maximum Gasteiger partial charge on any atom is 0.317 e. The second-order valence-electron chi connectivity index (χ2n) is 5.03. The van der Waals surface area contributed by atoms with Gasteiger partial charge in [0.1, 0.15) is 0 Å². The summed E-state index contributed by atoms with van der Waals surface area (Å²) in [6, 6.07) is 0.573. The number of hydrogen-bond acceptors (Lipinski definition) is 2. The number of rotatable bonds is 4. The molecule has 1 unspecified atom stereocenters. The number of urea groups is 1. The van der Waals surface area contributed by atoms with Gasteiger partial charge in [-0.25, -0.2) is 4.79 Å². The van der Waals surface area contributed by atoms with Crippen molar-refractivity contribution in [1.29, 1.82) is 0 Å². The van der Waals surface area contributed by atoms with E-state index in [-0.39, 0.29) is 6.03 Å². The first-order valence-corrected chi connectivity index (χ1v) is 6.35. The van der Waals surface area contributed by atoms with Crippen LogP contribution >= 0.6 is 0 Å². The Morgan fingerprint density at radius 3 is 2.81 bits per heavy atom. The monoisotopic (exact) mass is 227 g/mol. The number of carbonyl (C=O) groups excluding carboxylic acids is 1. The fourth-order valence-corrected chi connectivity index (χ4v) is 2.02. The number of piperidine rings is 1. The topological polar surface area (TPSA) is 44.4 Å². The summed E-state index contributed by atoms with van der Waals surface area (Å²) in [5.41, 5.74) is 0. The maximum absolute atomic E-state index is 11.8. The lowest BCUT2D eigenvalue weighted by molar-refractivity contribution is 0.170. The Labute approximate surface area is 98.8 Å². The SMILES string of the molecule is CC1CCCN(C(=O)NCCNC(C)C)C1. The lowest BCUT2D eigenvalue weighted by Gasteiger charge is -2.31. The molecule has 4 nitrogen and oxygen atoms in total. The molecule has 0 aromatic heterocycles. The molecule has 1 fully saturated rings. The molecule has 0 aromatic rings. The molecule has 1 rings (SSSR count). The number of carbonyl (C=O) groups is 1. The minimum absolute atomic E-state index is 0.0945. The number of nitrogens with one attached hydrogen (secondary N) is 2. The van der Waals surface area contributed by atoms with E-state index in [9.17, 15) is 4.79 Å². The van der Waals surface area contributed by atoms with Gasteiger partial charge in [-0.2, -0.15) is 0 Å². The third-order valence-electron chi connectivity index (χ3n) is 2.90. The number of hydrogen-bond donors (Lipinski definition) is 2. The van der Waals surface area contributed by atoms with Crippen LogP contribution in [0.3, 0.4) is 0 Å². The molecule has 0 spiro atoms. The molecule has 2 N–H and O–H groups in total. The van der Waals surface area contributed by atoms with Crippen molar-refractivity contribution >= 4 is 6.03 Å². The quantitative estimate of drug-likeness (QED) is 0.714. The van der Waals surface area contributed by atoms with Gasteiger partial charge in [-0.15, -0.1) is 0 Å². The van der Waals surface area contributed by atoms with Crippen molar-refractivity contribution in [3.63, 3.8) is 0 Å². The third-order valence-corrected chi connectivity index (χ3v) is 2.90. The Hall–Kier alpha value is -0.770. The van der Waals surface area contributed by atoms with Gasteiger partial charge in [-0.1, -0.05) is 20.8 Å². The van der Waals surface area contributed by atoms with E-state index in [1.807, 2.05) is 4.90 Å². The van der Waals surface area contributed by atoms with Gasteiger partial charge < -0.3 is 15.5 Å². The fourth-order valence-electron chi connectivity index (χ4n) is 2.02. The zero-order chi connectivity index (χ0) is 12.0. The summed E-state index contributed by atoms with van der Waals surface area (Å²) in [6.45, 7) is 9.79. The molecular weight excluding hydrogens is 202 g/mol. The molecular formula is C12H25N3O. The molecule has 0 aliphatic carbocycles. The molecule has 1 atom stereocenters. The number of likely N-dealkylation sites (tertiary alicyclic amines) is 1. The van der Waals surface area contributed by atoms with Gasteiger partial charge in [0.2, 0.25) is 0 Å². The molecule has 0 radical (unpaired) electrons. The van der Waals surface area contributed by atoms with E-state index >= 15 is 0 Å². The van der Waals surface area contributed by atoms with Gasteiger partial charge in [0.15, 0.2) is 0 Å². The van der Waals surface area contributed by atoms with Crippen LogP contribution in [-0.2, 0) is 0 Å². The van der Waals surface area contributed by atoms with Crippen molar-refractivity contribution in [1.82, 2.24) is 15.5 Å². The molecule has 0 aromatic carbocycles. The summed E-state index contributed by atoms with van der Waals surface area (Å²) in [7, 11) is 0. The first kappa shape index (κ1) is 13.3. The molecule has 1 aliphatic rings. The summed E-state index contributed by atoms with van der Waals surface area (Å²) in [4.78, 5) is 13.7. The van der Waals surface area contributed by atoms with Crippen LogP contribution in [0, 0.1) is 5.92 Å². The Morgan fingerprint density at radius 1 is 1.44 bits per heavy atom. The van der Waals surface area contributed by atoms with Gasteiger partial charge in [-0.05, 0) is 18.8 Å². The minimum Gasteiger partial charge on any atom is -0.337 e. The Bertz CT molecular complexity index is 218. The van der Waals surface area contributed by atoms with Gasteiger partial charge in [-0.3, -0.25) is 0 Å². The summed E-state index contributed by atoms with van der Waals surface area (Å²) < 4.78 is 0. The maximum atomic E-state index is 11.8. The average Bonchev–Trinajstić information content (AvgIpc) is 2.24. The highest BCUT2D eigenvalue weighted by Crippen LogP contribution is 2.14. The molecule has 94 valence electrons. The van der Waals surface area contributed by atoms with Crippen molar-refractivity contribution in [2.75, 3.05) is 26.2 Å². The molecule has 0 bridgehead atoms. The van der Waals surface area contributed by atoms with Crippen molar-refractivity contribution in [2.24, 2.45) is 5.92 Å². The van der Waals surface area contributed by atoms with E-state index in [0.29, 0.717) is 18.5 Å². The normalized spacial score (nSPS) is 21.2. The standard InChI is InChI=1S/C12H25N3O/c1-10(2)13-6-7-14-12(16)15-8-4-5-11(3)9-15/h10-11,13H,4-9H2,1-3H3,(H,14,16). The van der Waals surface area contributed by atoms with E-state index in [0.717, 1.165) is 26.1 Å². The van der Waals surface area contributed by atoms with Crippen molar-refractivity contribution in [2.45, 2.75) is 39.7 Å². The van der Waals surface area contributed by atoms with E-state index < -0.39 is 0 Å². The highest BCUT2D eigenvalue weighted by Gasteiger charge is 2.20. The number of nitrogens with zero attached hydrogens (tertiary/aromatic N) is 1. The van der Waals surface area contributed by atoms with Crippen LogP contribution in [0.2, 0.25) is 0 Å². The lowest BCUT2D eigenvalue weighted by Crippen LogP contribution is -2.46. The smallest absolute Gasteiger partial charge is 0.317 e. The summed E-state index contributed by atoms with van der Waals surface area (Å²) in [6.07, 6.45) is 2.39. The Balaban J connectivity index is 2.14. The Morgan fingerprint density at radius 2 is 2.19 bits per heavy atom. The predicted molar refractivity (Wildman–Crippen MR) is 66.5 cm³/mol. The van der Waals surface area contributed by atoms with Crippen LogP contribution in [0.4, 0.5) is 4.79 Å². The first-order chi connectivity index (χ1) is 7.59. The summed E-state index contributed by atoms with van der Waals surface area (Å²) in [5.74, 6) is 0.647. The van der Waals surface area contributed by atoms with Crippen LogP contribution < -0.4 is 10.6 Å². The van der Waals surface area contributed by atoms with Crippen LogP contribution in [-0.4, -0.2) is 43.2 Å². The van der Waals surface area contributed by atoms with E-state index in [2.05, 4.69) is 31.4 Å². The Kier molecular flexibility index (Phi) is 5.60. The van der Waals surface area contributed by atoms with Gasteiger partial charge in [0, 0.05) is 32.2 Å². The van der Waals surface area contributed by atoms with Gasteiger partial charge in [0.05, 0.1) is 0 Å². The summed E-state index contributed by atoms with van der Waals surface area (Å²) >= 11 is 0. The highest BCUT2D eigenvalue weighted by molar-refractivity contribution is 5.74. The van der Waals surface area contributed by atoms with Gasteiger partial charge >= 0.3 is 6.03 Å². The third kappa shape index (κ3) is 4.84. The molecule has 2 amide bonds. The number of amides is 2. The fraction of sp³-hybridized carbons (Fsp3) is 0.917. The van der Waals surface area contributed by atoms with E-state index in [1.54, 1.807) is 0 Å². The van der Waals surface area contributed by atoms with Crippen LogP contribution in [0.5, 0.6) is 0 Å². The minimum atomic E-state index is 0.0945. The summed E-state index contributed by atoms with van der Waals surface area (Å²) in [5, 5.41) is 6.23. The molecule has 0 saturated carbocycles. The van der Waals surface area contributed by atoms with Gasteiger partial charge in [0.25, 0.3) is 0 Å². The molecule has 16 heavy (non-hydrogen) atoms. The van der Waals surface area contributed by atoms with Crippen molar-refractivity contribution < 1.29 is 4.79 Å². The van der Waals surface area contributed by atoms with Crippen molar-refractivity contribution in [3.8, 4) is 0 Å². The largest absolute Gasteiger partial charge is 0.337 e. The van der Waals surface area contributed by atoms with Crippen LogP contribution in [0.15, 0.2) is 0 Å². The lowest BCUT2D eigenvalue weighted by atomic mass is 10.0. The second kappa shape index (κ2) is 6.74. The average molecular weight is 227 g/mol. The molecule has 1 heterocycles. The van der Waals surface area contributed by atoms with E-state index in [4.69, 9.17) is 0 Å². The molecule has 1 aliphatic heterocycles. The zero-order valence-corrected chi connectivity index (χ0v) is 10.8. The highest BCUT2D eigenvalue weighted by atomic mass is 16.2. The zero-order valence-electron chi connectivity index (χ0n) is 10.8. The van der Waals surface area contributed by atoms with Crippen LogP contribution in [0.1, 0.15) is 33.6 Å². The molecule has 1 saturated heterocycles. The van der Waals surface area contributed by atoms with Crippen molar-refractivity contribution in [3.05, 3.63) is 0 Å². The van der Waals surface area contributed by atoms with Crippen LogP contribution in [0.25, 0.3) is 0 Å². The second-order valence-corrected chi connectivity index (χ2v) is 5.03. The molecule has 4 heteroatoms. The predicted octanol–water partition coefficient (Wildman–Crippen LogP) is 1.43. The first-order valence-electron chi connectivity index (χ1n) is 6.35.